The van der Waals surface area contributed by atoms with Crippen molar-refractivity contribution in [3.63, 3.8) is 0 Å². The first-order valence-corrected chi connectivity index (χ1v) is 6.80. The first-order valence-electron chi connectivity index (χ1n) is 6.80. The Kier molecular flexibility index (Phi) is 3.19. The minimum atomic E-state index is -0.335. The monoisotopic (exact) mass is 261 g/mol. The first kappa shape index (κ1) is 12.5. The van der Waals surface area contributed by atoms with Gasteiger partial charge < -0.3 is 14.7 Å². The molecule has 0 aromatic heterocycles. The predicted molar refractivity (Wildman–Crippen MR) is 71.0 cm³/mol. The molecule has 3 atom stereocenters. The molecule has 19 heavy (non-hydrogen) atoms. The van der Waals surface area contributed by atoms with E-state index in [4.69, 9.17) is 4.74 Å². The van der Waals surface area contributed by atoms with E-state index in [2.05, 4.69) is 6.07 Å². The molecule has 2 aliphatic rings. The van der Waals surface area contributed by atoms with Crippen LogP contribution in [0.25, 0.3) is 0 Å². The van der Waals surface area contributed by atoms with Crippen LogP contribution in [0.5, 0.6) is 5.75 Å². The van der Waals surface area contributed by atoms with Gasteiger partial charge in [0.25, 0.3) is 0 Å². The summed E-state index contributed by atoms with van der Waals surface area (Å²) in [6.45, 7) is 1.20. The van der Waals surface area contributed by atoms with Crippen LogP contribution in [0.4, 0.5) is 0 Å². The first-order chi connectivity index (χ1) is 9.19. The molecule has 1 aromatic carbocycles. The molecule has 1 aliphatic heterocycles. The lowest BCUT2D eigenvalue weighted by molar-refractivity contribution is -0.131. The van der Waals surface area contributed by atoms with Crippen LogP contribution >= 0.6 is 0 Å². The number of amides is 1. The summed E-state index contributed by atoms with van der Waals surface area (Å²) >= 11 is 0. The Morgan fingerprint density at radius 3 is 3.00 bits per heavy atom. The Balaban J connectivity index is 1.65. The number of ether oxygens (including phenoxy) is 1. The lowest BCUT2D eigenvalue weighted by Gasteiger charge is -2.15. The van der Waals surface area contributed by atoms with Crippen molar-refractivity contribution >= 4 is 5.91 Å². The fraction of sp³-hybridized carbons (Fsp3) is 0.533. The van der Waals surface area contributed by atoms with Gasteiger partial charge in [-0.05, 0) is 36.5 Å². The maximum atomic E-state index is 12.3. The molecule has 1 N–H and O–H groups in total. The molecule has 1 heterocycles. The highest BCUT2D eigenvalue weighted by molar-refractivity contribution is 5.83. The van der Waals surface area contributed by atoms with E-state index >= 15 is 0 Å². The highest BCUT2D eigenvalue weighted by Crippen LogP contribution is 2.49. The van der Waals surface area contributed by atoms with Crippen LogP contribution in [0.1, 0.15) is 24.3 Å². The molecule has 1 saturated heterocycles. The second kappa shape index (κ2) is 4.85. The van der Waals surface area contributed by atoms with Crippen molar-refractivity contribution < 1.29 is 14.6 Å². The maximum absolute atomic E-state index is 12.3. The molecule has 2 fully saturated rings. The van der Waals surface area contributed by atoms with Crippen molar-refractivity contribution in [2.75, 3.05) is 20.2 Å². The van der Waals surface area contributed by atoms with Gasteiger partial charge in [0, 0.05) is 19.0 Å². The molecule has 1 aromatic rings. The topological polar surface area (TPSA) is 49.8 Å². The number of aliphatic hydroxyl groups excluding tert-OH is 1. The van der Waals surface area contributed by atoms with Gasteiger partial charge >= 0.3 is 0 Å². The Morgan fingerprint density at radius 2 is 2.32 bits per heavy atom. The lowest BCUT2D eigenvalue weighted by atomic mass is 10.1. The summed E-state index contributed by atoms with van der Waals surface area (Å²) in [5.41, 5.74) is 1.18. The Morgan fingerprint density at radius 1 is 1.47 bits per heavy atom. The molecule has 0 spiro atoms. The smallest absolute Gasteiger partial charge is 0.226 e. The van der Waals surface area contributed by atoms with E-state index in [1.165, 1.54) is 5.56 Å². The van der Waals surface area contributed by atoms with Crippen LogP contribution in [0.15, 0.2) is 24.3 Å². The predicted octanol–water partition coefficient (Wildman–Crippen LogP) is 1.39. The quantitative estimate of drug-likeness (QED) is 0.894. The molecule has 102 valence electrons. The summed E-state index contributed by atoms with van der Waals surface area (Å²) in [6, 6.07) is 7.95. The van der Waals surface area contributed by atoms with Crippen LogP contribution in [-0.4, -0.2) is 42.2 Å². The van der Waals surface area contributed by atoms with Crippen molar-refractivity contribution in [3.05, 3.63) is 29.8 Å². The van der Waals surface area contributed by atoms with E-state index in [0.717, 1.165) is 12.2 Å². The van der Waals surface area contributed by atoms with Crippen LogP contribution in [0.3, 0.4) is 0 Å². The van der Waals surface area contributed by atoms with E-state index < -0.39 is 0 Å². The Hall–Kier alpha value is -1.55. The number of carbonyl (C=O) groups excluding carboxylic acids is 1. The molecule has 1 aliphatic carbocycles. The zero-order chi connectivity index (χ0) is 13.4. The largest absolute Gasteiger partial charge is 0.497 e. The maximum Gasteiger partial charge on any atom is 0.226 e. The van der Waals surface area contributed by atoms with Crippen molar-refractivity contribution in [2.45, 2.75) is 24.9 Å². The van der Waals surface area contributed by atoms with Crippen molar-refractivity contribution in [1.82, 2.24) is 4.90 Å². The average Bonchev–Trinajstić information content (AvgIpc) is 3.13. The van der Waals surface area contributed by atoms with E-state index in [1.807, 2.05) is 18.2 Å². The zero-order valence-electron chi connectivity index (χ0n) is 11.1. The number of carbonyl (C=O) groups is 1. The van der Waals surface area contributed by atoms with E-state index in [-0.39, 0.29) is 17.9 Å². The fourth-order valence-electron chi connectivity index (χ4n) is 2.88. The van der Waals surface area contributed by atoms with Gasteiger partial charge in [-0.2, -0.15) is 0 Å². The molecule has 3 rings (SSSR count). The molecular weight excluding hydrogens is 242 g/mol. The van der Waals surface area contributed by atoms with Crippen molar-refractivity contribution in [1.29, 1.82) is 0 Å². The van der Waals surface area contributed by atoms with Crippen LogP contribution in [0.2, 0.25) is 0 Å². The number of β-amino-alcohol motifs (C(OH)–C–C–N with tert-alkyl or cyclic N) is 1. The molecule has 0 radical (unpaired) electrons. The summed E-state index contributed by atoms with van der Waals surface area (Å²) in [4.78, 5) is 14.1. The normalized spacial score (nSPS) is 29.4. The molecule has 4 nitrogen and oxygen atoms in total. The van der Waals surface area contributed by atoms with Gasteiger partial charge in [0.1, 0.15) is 5.75 Å². The van der Waals surface area contributed by atoms with E-state index in [9.17, 15) is 9.90 Å². The molecule has 1 saturated carbocycles. The van der Waals surface area contributed by atoms with Crippen LogP contribution in [0, 0.1) is 5.92 Å². The van der Waals surface area contributed by atoms with Gasteiger partial charge in [-0.15, -0.1) is 0 Å². The van der Waals surface area contributed by atoms with Gasteiger partial charge in [0.15, 0.2) is 0 Å². The minimum Gasteiger partial charge on any atom is -0.497 e. The van der Waals surface area contributed by atoms with Gasteiger partial charge in [-0.3, -0.25) is 4.79 Å². The third-order valence-electron chi connectivity index (χ3n) is 4.10. The standard InChI is InChI=1S/C15H19NO3/c1-19-12-4-2-3-10(7-12)13-8-14(13)15(18)16-6-5-11(17)9-16/h2-4,7,11,13-14,17H,5-6,8-9H2,1H3/t11-,13?,14?/m1/s1. The highest BCUT2D eigenvalue weighted by Gasteiger charge is 2.46. The molecule has 2 unspecified atom stereocenters. The van der Waals surface area contributed by atoms with Crippen LogP contribution in [-0.2, 0) is 4.79 Å². The second-order valence-corrected chi connectivity index (χ2v) is 5.45. The fourth-order valence-corrected chi connectivity index (χ4v) is 2.88. The lowest BCUT2D eigenvalue weighted by Crippen LogP contribution is -2.31. The number of methoxy groups -OCH3 is 1. The third kappa shape index (κ3) is 2.45. The summed E-state index contributed by atoms with van der Waals surface area (Å²) in [7, 11) is 1.65. The molecular formula is C15H19NO3. The molecule has 4 heteroatoms. The number of hydrogen-bond donors (Lipinski definition) is 1. The number of rotatable bonds is 3. The van der Waals surface area contributed by atoms with Crippen molar-refractivity contribution in [3.8, 4) is 5.75 Å². The number of likely N-dealkylation sites (tertiary alicyclic amines) is 1. The van der Waals surface area contributed by atoms with E-state index in [1.54, 1.807) is 12.0 Å². The molecule has 1 amide bonds. The third-order valence-corrected chi connectivity index (χ3v) is 4.10. The Labute approximate surface area is 113 Å². The Bertz CT molecular complexity index is 488. The van der Waals surface area contributed by atoms with Gasteiger partial charge in [-0.1, -0.05) is 12.1 Å². The van der Waals surface area contributed by atoms with Crippen molar-refractivity contribution in [2.24, 2.45) is 5.92 Å². The number of benzene rings is 1. The minimum absolute atomic E-state index is 0.0948. The zero-order valence-corrected chi connectivity index (χ0v) is 11.1. The number of nitrogens with zero attached hydrogens (tertiary/aromatic N) is 1. The van der Waals surface area contributed by atoms with Gasteiger partial charge in [0.05, 0.1) is 13.2 Å². The highest BCUT2D eigenvalue weighted by atomic mass is 16.5. The summed E-state index contributed by atoms with van der Waals surface area (Å²) in [6.07, 6.45) is 1.29. The van der Waals surface area contributed by atoms with E-state index in [0.29, 0.717) is 25.4 Å². The molecule has 0 bridgehead atoms. The van der Waals surface area contributed by atoms with Crippen LogP contribution < -0.4 is 4.74 Å². The second-order valence-electron chi connectivity index (χ2n) is 5.45. The number of aliphatic hydroxyl groups is 1. The number of hydrogen-bond acceptors (Lipinski definition) is 3. The van der Waals surface area contributed by atoms with Gasteiger partial charge in [-0.25, -0.2) is 0 Å². The summed E-state index contributed by atoms with van der Waals surface area (Å²) in [5, 5.41) is 9.49. The average molecular weight is 261 g/mol. The summed E-state index contributed by atoms with van der Waals surface area (Å²) < 4.78 is 5.21. The SMILES string of the molecule is COc1cccc(C2CC2C(=O)N2CC[C@@H](O)C2)c1. The summed E-state index contributed by atoms with van der Waals surface area (Å²) in [5.74, 6) is 1.45. The van der Waals surface area contributed by atoms with Gasteiger partial charge in [0.2, 0.25) is 5.91 Å².